The van der Waals surface area contributed by atoms with Crippen LogP contribution < -0.4 is 15.8 Å². The van der Waals surface area contributed by atoms with Crippen LogP contribution in [0.5, 0.6) is 5.75 Å². The maximum absolute atomic E-state index is 12.6. The molecule has 1 aliphatic heterocycles. The number of nitrogens with two attached hydrogens (primary N) is 1. The van der Waals surface area contributed by atoms with Gasteiger partial charge in [-0.15, -0.1) is 0 Å². The Hall–Kier alpha value is -2.54. The lowest BCUT2D eigenvalue weighted by Crippen LogP contribution is -2.42. The molecule has 2 aromatic rings. The average Bonchev–Trinajstić information content (AvgIpc) is 2.61. The number of hydrogen-bond donors (Lipinski definition) is 2. The molecule has 27 heavy (non-hydrogen) atoms. The highest BCUT2D eigenvalue weighted by Crippen LogP contribution is 2.33. The number of ether oxygens (including phenoxy) is 1. The predicted molar refractivity (Wildman–Crippen MR) is 107 cm³/mol. The number of aliphatic imine (C=N–C) groups is 1. The number of aryl methyl sites for hydroxylation is 1. The van der Waals surface area contributed by atoms with Crippen molar-refractivity contribution >= 4 is 15.8 Å². The van der Waals surface area contributed by atoms with Crippen molar-refractivity contribution in [2.75, 3.05) is 12.4 Å². The van der Waals surface area contributed by atoms with Crippen molar-refractivity contribution in [2.24, 2.45) is 10.7 Å². The normalized spacial score (nSPS) is 18.3. The Morgan fingerprint density at radius 1 is 1.26 bits per heavy atom. The number of benzene rings is 2. The van der Waals surface area contributed by atoms with Crippen molar-refractivity contribution < 1.29 is 13.2 Å². The van der Waals surface area contributed by atoms with Crippen LogP contribution in [0.1, 0.15) is 30.5 Å². The molecular formula is C20H25N3O3S. The monoisotopic (exact) mass is 387 g/mol. The zero-order valence-corrected chi connectivity index (χ0v) is 16.4. The quantitative estimate of drug-likeness (QED) is 0.607. The van der Waals surface area contributed by atoms with Crippen LogP contribution in [0, 0.1) is 6.92 Å². The summed E-state index contributed by atoms with van der Waals surface area (Å²) in [5.41, 5.74) is 8.06. The van der Waals surface area contributed by atoms with E-state index in [2.05, 4.69) is 10.3 Å². The van der Waals surface area contributed by atoms with Crippen LogP contribution in [-0.4, -0.2) is 32.8 Å². The van der Waals surface area contributed by atoms with E-state index in [1.807, 2.05) is 31.2 Å². The van der Waals surface area contributed by atoms with Gasteiger partial charge in [0.05, 0.1) is 23.3 Å². The SMILES string of the molecule is Cc1ccc(S(=O)(=O)CC(C)NC(N)=NC2CCOc3ccccc32)cc1. The number of nitrogens with one attached hydrogen (secondary N) is 1. The third kappa shape index (κ3) is 4.80. The molecule has 1 heterocycles. The number of fused-ring (bicyclic) bond motifs is 1. The van der Waals surface area contributed by atoms with Gasteiger partial charge >= 0.3 is 0 Å². The lowest BCUT2D eigenvalue weighted by molar-refractivity contribution is 0.269. The summed E-state index contributed by atoms with van der Waals surface area (Å²) in [6.45, 7) is 4.29. The van der Waals surface area contributed by atoms with Gasteiger partial charge in [-0.25, -0.2) is 13.4 Å². The summed E-state index contributed by atoms with van der Waals surface area (Å²) in [6.07, 6.45) is 0.732. The maximum Gasteiger partial charge on any atom is 0.189 e. The van der Waals surface area contributed by atoms with Gasteiger partial charge in [-0.05, 0) is 32.0 Å². The number of hydrogen-bond acceptors (Lipinski definition) is 4. The first-order chi connectivity index (χ1) is 12.8. The van der Waals surface area contributed by atoms with Crippen molar-refractivity contribution in [1.29, 1.82) is 0 Å². The fraction of sp³-hybridized carbons (Fsp3) is 0.350. The van der Waals surface area contributed by atoms with Crippen molar-refractivity contribution in [2.45, 2.75) is 37.2 Å². The highest BCUT2D eigenvalue weighted by molar-refractivity contribution is 7.91. The summed E-state index contributed by atoms with van der Waals surface area (Å²) in [5.74, 6) is 1.00. The first kappa shape index (κ1) is 19.2. The fourth-order valence-corrected chi connectivity index (χ4v) is 4.61. The fourth-order valence-electron chi connectivity index (χ4n) is 3.13. The van der Waals surface area contributed by atoms with E-state index >= 15 is 0 Å². The van der Waals surface area contributed by atoms with Crippen molar-refractivity contribution in [1.82, 2.24) is 5.32 Å². The molecule has 3 N–H and O–H groups in total. The summed E-state index contributed by atoms with van der Waals surface area (Å²) >= 11 is 0. The molecule has 3 rings (SSSR count). The van der Waals surface area contributed by atoms with Gasteiger partial charge in [0.2, 0.25) is 0 Å². The first-order valence-corrected chi connectivity index (χ1v) is 10.6. The van der Waals surface area contributed by atoms with Gasteiger partial charge < -0.3 is 15.8 Å². The molecule has 0 aliphatic carbocycles. The third-order valence-corrected chi connectivity index (χ3v) is 6.39. The number of rotatable bonds is 5. The molecule has 2 aromatic carbocycles. The summed E-state index contributed by atoms with van der Waals surface area (Å²) in [5, 5.41) is 3.00. The second-order valence-electron chi connectivity index (χ2n) is 6.84. The summed E-state index contributed by atoms with van der Waals surface area (Å²) in [4.78, 5) is 4.86. The van der Waals surface area contributed by atoms with Crippen LogP contribution in [0.3, 0.4) is 0 Å². The summed E-state index contributed by atoms with van der Waals surface area (Å²) in [7, 11) is -3.40. The van der Waals surface area contributed by atoms with E-state index in [0.29, 0.717) is 11.5 Å². The Morgan fingerprint density at radius 3 is 2.70 bits per heavy atom. The number of guanidine groups is 1. The Kier molecular flexibility index (Phi) is 5.70. The van der Waals surface area contributed by atoms with Gasteiger partial charge in [0, 0.05) is 18.0 Å². The van der Waals surface area contributed by atoms with Gasteiger partial charge in [0.1, 0.15) is 5.75 Å². The molecular weight excluding hydrogens is 362 g/mol. The second kappa shape index (κ2) is 8.00. The Labute approximate surface area is 160 Å². The van der Waals surface area contributed by atoms with Gasteiger partial charge in [-0.2, -0.15) is 0 Å². The molecule has 0 radical (unpaired) electrons. The van der Waals surface area contributed by atoms with E-state index in [1.165, 1.54) is 0 Å². The van der Waals surface area contributed by atoms with Crippen LogP contribution in [-0.2, 0) is 9.84 Å². The minimum atomic E-state index is -3.40. The van der Waals surface area contributed by atoms with E-state index in [-0.39, 0.29) is 23.8 Å². The molecule has 0 fully saturated rings. The number of sulfone groups is 1. The molecule has 0 saturated heterocycles. The lowest BCUT2D eigenvalue weighted by atomic mass is 10.0. The highest BCUT2D eigenvalue weighted by atomic mass is 32.2. The van der Waals surface area contributed by atoms with Crippen molar-refractivity contribution in [3.05, 3.63) is 59.7 Å². The maximum atomic E-state index is 12.6. The van der Waals surface area contributed by atoms with E-state index in [0.717, 1.165) is 23.3 Å². The molecule has 0 spiro atoms. The average molecular weight is 388 g/mol. The van der Waals surface area contributed by atoms with Gasteiger partial charge in [-0.1, -0.05) is 35.9 Å². The number of nitrogens with zero attached hydrogens (tertiary/aromatic N) is 1. The molecule has 0 bridgehead atoms. The molecule has 7 heteroatoms. The molecule has 0 aromatic heterocycles. The minimum absolute atomic E-state index is 0.0589. The zero-order chi connectivity index (χ0) is 19.4. The van der Waals surface area contributed by atoms with E-state index < -0.39 is 9.84 Å². The largest absolute Gasteiger partial charge is 0.493 e. The zero-order valence-electron chi connectivity index (χ0n) is 15.6. The van der Waals surface area contributed by atoms with Crippen LogP contribution in [0.4, 0.5) is 0 Å². The predicted octanol–water partition coefficient (Wildman–Crippen LogP) is 2.59. The molecule has 144 valence electrons. The van der Waals surface area contributed by atoms with Crippen LogP contribution in [0.25, 0.3) is 0 Å². The van der Waals surface area contributed by atoms with Crippen molar-refractivity contribution in [3.63, 3.8) is 0 Å². The summed E-state index contributed by atoms with van der Waals surface area (Å²) < 4.78 is 30.7. The van der Waals surface area contributed by atoms with Crippen LogP contribution in [0.15, 0.2) is 58.4 Å². The van der Waals surface area contributed by atoms with Gasteiger partial charge in [-0.3, -0.25) is 0 Å². The molecule has 6 nitrogen and oxygen atoms in total. The topological polar surface area (TPSA) is 93.8 Å². The van der Waals surface area contributed by atoms with Crippen molar-refractivity contribution in [3.8, 4) is 5.75 Å². The highest BCUT2D eigenvalue weighted by Gasteiger charge is 2.22. The molecule has 0 saturated carbocycles. The van der Waals surface area contributed by atoms with E-state index in [4.69, 9.17) is 10.5 Å². The summed E-state index contributed by atoms with van der Waals surface area (Å²) in [6, 6.07) is 14.1. The third-order valence-electron chi connectivity index (χ3n) is 4.47. The molecule has 0 amide bonds. The molecule has 2 atom stereocenters. The Bertz CT molecular complexity index is 924. The standard InChI is InChI=1S/C20H25N3O3S/c1-14-7-9-16(10-8-14)27(24,25)13-15(2)22-20(21)23-18-11-12-26-19-6-4-3-5-17(18)19/h3-10,15,18H,11-13H2,1-2H3,(H3,21,22,23). The van der Waals surface area contributed by atoms with Crippen LogP contribution >= 0.6 is 0 Å². The van der Waals surface area contributed by atoms with E-state index in [1.54, 1.807) is 31.2 Å². The second-order valence-corrected chi connectivity index (χ2v) is 8.88. The minimum Gasteiger partial charge on any atom is -0.493 e. The van der Waals surface area contributed by atoms with E-state index in [9.17, 15) is 8.42 Å². The van der Waals surface area contributed by atoms with Gasteiger partial charge in [0.25, 0.3) is 0 Å². The lowest BCUT2D eigenvalue weighted by Gasteiger charge is -2.24. The Balaban J connectivity index is 1.66. The molecule has 2 unspecified atom stereocenters. The molecule has 1 aliphatic rings. The van der Waals surface area contributed by atoms with Gasteiger partial charge in [0.15, 0.2) is 15.8 Å². The first-order valence-electron chi connectivity index (χ1n) is 8.96. The number of para-hydroxylation sites is 1. The smallest absolute Gasteiger partial charge is 0.189 e. The Morgan fingerprint density at radius 2 is 1.96 bits per heavy atom. The van der Waals surface area contributed by atoms with Crippen LogP contribution in [0.2, 0.25) is 0 Å².